The molecule has 0 N–H and O–H groups in total. The van der Waals surface area contributed by atoms with Crippen molar-refractivity contribution in [3.63, 3.8) is 0 Å². The summed E-state index contributed by atoms with van der Waals surface area (Å²) in [4.78, 5) is 29.0. The largest absolute Gasteiger partial charge is 0.354 e. The van der Waals surface area contributed by atoms with Gasteiger partial charge in [0.25, 0.3) is 5.91 Å². The van der Waals surface area contributed by atoms with Crippen LogP contribution in [0.15, 0.2) is 54.9 Å². The molecule has 1 atom stereocenters. The van der Waals surface area contributed by atoms with Crippen molar-refractivity contribution in [3.8, 4) is 0 Å². The van der Waals surface area contributed by atoms with E-state index in [2.05, 4.69) is 51.1 Å². The van der Waals surface area contributed by atoms with Gasteiger partial charge in [-0.15, -0.1) is 0 Å². The molecular formula is C27H33N5O. The molecule has 2 aromatic heterocycles. The van der Waals surface area contributed by atoms with Gasteiger partial charge in [0.2, 0.25) is 0 Å². The Morgan fingerprint density at radius 1 is 0.939 bits per heavy atom. The van der Waals surface area contributed by atoms with E-state index in [9.17, 15) is 4.79 Å². The predicted octanol–water partition coefficient (Wildman–Crippen LogP) is 3.87. The standard InChI is InChI=1S/C27H33N5O/c1-30-14-16-31(17-15-30)26-20-24(8-11-29-26)27(33)32-12-3-4-21(9-13-32)18-22-6-7-25-23(19-22)5-2-10-28-25/h2,5-8,10-11,19-21H,3-4,9,12-18H2,1H3. The number of likely N-dealkylation sites (tertiary alicyclic amines) is 1. The number of likely N-dealkylation sites (N-methyl/N-ethyl adjacent to an activating group) is 1. The summed E-state index contributed by atoms with van der Waals surface area (Å²) in [5.74, 6) is 1.67. The first-order valence-electron chi connectivity index (χ1n) is 12.2. The minimum atomic E-state index is 0.144. The molecule has 0 aliphatic carbocycles. The number of amides is 1. The van der Waals surface area contributed by atoms with E-state index in [0.29, 0.717) is 5.92 Å². The number of carbonyl (C=O) groups excluding carboxylic acids is 1. The van der Waals surface area contributed by atoms with E-state index < -0.39 is 0 Å². The van der Waals surface area contributed by atoms with Crippen molar-refractivity contribution in [3.05, 3.63) is 66.0 Å². The summed E-state index contributed by atoms with van der Waals surface area (Å²) >= 11 is 0. The molecular weight excluding hydrogens is 410 g/mol. The molecule has 2 fully saturated rings. The minimum Gasteiger partial charge on any atom is -0.354 e. The van der Waals surface area contributed by atoms with Crippen molar-refractivity contribution in [2.24, 2.45) is 5.92 Å². The van der Waals surface area contributed by atoms with Crippen molar-refractivity contribution < 1.29 is 4.79 Å². The fourth-order valence-electron chi connectivity index (χ4n) is 5.10. The maximum absolute atomic E-state index is 13.3. The highest BCUT2D eigenvalue weighted by atomic mass is 16.2. The van der Waals surface area contributed by atoms with E-state index in [0.717, 1.165) is 81.8 Å². The maximum Gasteiger partial charge on any atom is 0.254 e. The SMILES string of the molecule is CN1CCN(c2cc(C(=O)N3CCCC(Cc4ccc5ncccc5c4)CC3)ccn2)CC1. The van der Waals surface area contributed by atoms with E-state index in [1.54, 1.807) is 6.20 Å². The van der Waals surface area contributed by atoms with Gasteiger partial charge in [-0.1, -0.05) is 12.1 Å². The average Bonchev–Trinajstić information content (AvgIpc) is 3.09. The summed E-state index contributed by atoms with van der Waals surface area (Å²) in [5.41, 5.74) is 3.18. The third-order valence-corrected chi connectivity index (χ3v) is 7.15. The second kappa shape index (κ2) is 9.87. The Labute approximate surface area is 196 Å². The molecule has 0 bridgehead atoms. The van der Waals surface area contributed by atoms with Gasteiger partial charge in [0, 0.05) is 62.6 Å². The molecule has 3 aromatic rings. The van der Waals surface area contributed by atoms with E-state index in [-0.39, 0.29) is 5.91 Å². The second-order valence-corrected chi connectivity index (χ2v) is 9.52. The van der Waals surface area contributed by atoms with Crippen molar-refractivity contribution in [1.29, 1.82) is 0 Å². The van der Waals surface area contributed by atoms with Crippen molar-refractivity contribution >= 4 is 22.6 Å². The molecule has 5 rings (SSSR count). The summed E-state index contributed by atoms with van der Waals surface area (Å²) in [6.07, 6.45) is 7.97. The van der Waals surface area contributed by atoms with Crippen LogP contribution in [-0.2, 0) is 6.42 Å². The van der Waals surface area contributed by atoms with Crippen LogP contribution in [0, 0.1) is 5.92 Å². The van der Waals surface area contributed by atoms with Crippen LogP contribution in [0.3, 0.4) is 0 Å². The topological polar surface area (TPSA) is 52.6 Å². The first-order valence-corrected chi connectivity index (χ1v) is 12.2. The van der Waals surface area contributed by atoms with Crippen LogP contribution < -0.4 is 4.90 Å². The van der Waals surface area contributed by atoms with Crippen LogP contribution in [-0.4, -0.2) is 72.0 Å². The first kappa shape index (κ1) is 21.8. The zero-order valence-corrected chi connectivity index (χ0v) is 19.5. The second-order valence-electron chi connectivity index (χ2n) is 9.52. The van der Waals surface area contributed by atoms with E-state index in [4.69, 9.17) is 0 Å². The van der Waals surface area contributed by atoms with Crippen LogP contribution in [0.4, 0.5) is 5.82 Å². The van der Waals surface area contributed by atoms with Crippen LogP contribution in [0.1, 0.15) is 35.2 Å². The lowest BCUT2D eigenvalue weighted by molar-refractivity contribution is 0.0760. The molecule has 4 heterocycles. The lowest BCUT2D eigenvalue weighted by Crippen LogP contribution is -2.44. The molecule has 6 heteroatoms. The summed E-state index contributed by atoms with van der Waals surface area (Å²) in [5, 5.41) is 1.20. The molecule has 6 nitrogen and oxygen atoms in total. The van der Waals surface area contributed by atoms with E-state index in [1.165, 1.54) is 10.9 Å². The lowest BCUT2D eigenvalue weighted by Gasteiger charge is -2.33. The molecule has 0 spiro atoms. The lowest BCUT2D eigenvalue weighted by atomic mass is 9.92. The van der Waals surface area contributed by atoms with Crippen LogP contribution in [0.25, 0.3) is 10.9 Å². The Balaban J connectivity index is 1.21. The highest BCUT2D eigenvalue weighted by Crippen LogP contribution is 2.25. The van der Waals surface area contributed by atoms with Crippen molar-refractivity contribution in [2.75, 3.05) is 51.2 Å². The van der Waals surface area contributed by atoms with Gasteiger partial charge in [-0.2, -0.15) is 0 Å². The van der Waals surface area contributed by atoms with E-state index in [1.807, 2.05) is 29.3 Å². The molecule has 1 amide bonds. The molecule has 2 aliphatic rings. The van der Waals surface area contributed by atoms with Crippen LogP contribution >= 0.6 is 0 Å². The monoisotopic (exact) mass is 443 g/mol. The number of rotatable bonds is 4. The summed E-state index contributed by atoms with van der Waals surface area (Å²) < 4.78 is 0. The van der Waals surface area contributed by atoms with Crippen LogP contribution in [0.5, 0.6) is 0 Å². The molecule has 33 heavy (non-hydrogen) atoms. The number of aromatic nitrogens is 2. The Morgan fingerprint density at radius 2 is 1.82 bits per heavy atom. The zero-order valence-electron chi connectivity index (χ0n) is 19.5. The number of nitrogens with zero attached hydrogens (tertiary/aromatic N) is 5. The number of anilines is 1. The summed E-state index contributed by atoms with van der Waals surface area (Å²) in [6, 6.07) is 14.6. The number of benzene rings is 1. The predicted molar refractivity (Wildman–Crippen MR) is 133 cm³/mol. The van der Waals surface area contributed by atoms with Gasteiger partial charge < -0.3 is 14.7 Å². The molecule has 0 saturated carbocycles. The zero-order chi connectivity index (χ0) is 22.6. The fourth-order valence-corrected chi connectivity index (χ4v) is 5.10. The van der Waals surface area contributed by atoms with E-state index >= 15 is 0 Å². The Kier molecular flexibility index (Phi) is 6.53. The normalized spacial score (nSPS) is 20.1. The van der Waals surface area contributed by atoms with Crippen LogP contribution in [0.2, 0.25) is 0 Å². The minimum absolute atomic E-state index is 0.144. The molecule has 0 radical (unpaired) electrons. The Bertz CT molecular complexity index is 1110. The molecule has 1 aromatic carbocycles. The Hall–Kier alpha value is -2.99. The number of pyridine rings is 2. The smallest absolute Gasteiger partial charge is 0.254 e. The molecule has 1 unspecified atom stereocenters. The molecule has 172 valence electrons. The summed E-state index contributed by atoms with van der Waals surface area (Å²) in [7, 11) is 2.15. The van der Waals surface area contributed by atoms with Gasteiger partial charge in [0.05, 0.1) is 5.52 Å². The van der Waals surface area contributed by atoms with Gasteiger partial charge >= 0.3 is 0 Å². The maximum atomic E-state index is 13.3. The molecule has 2 saturated heterocycles. The van der Waals surface area contributed by atoms with Gasteiger partial charge in [-0.3, -0.25) is 9.78 Å². The quantitative estimate of drug-likeness (QED) is 0.613. The van der Waals surface area contributed by atoms with Gasteiger partial charge in [0.1, 0.15) is 5.82 Å². The number of hydrogen-bond donors (Lipinski definition) is 0. The number of piperazine rings is 1. The van der Waals surface area contributed by atoms with Gasteiger partial charge in [0.15, 0.2) is 0 Å². The van der Waals surface area contributed by atoms with Crippen molar-refractivity contribution in [2.45, 2.75) is 25.7 Å². The third-order valence-electron chi connectivity index (χ3n) is 7.15. The number of hydrogen-bond acceptors (Lipinski definition) is 5. The van der Waals surface area contributed by atoms with Gasteiger partial charge in [-0.25, -0.2) is 4.98 Å². The van der Waals surface area contributed by atoms with Crippen molar-refractivity contribution in [1.82, 2.24) is 19.8 Å². The number of fused-ring (bicyclic) bond motifs is 1. The molecule has 2 aliphatic heterocycles. The van der Waals surface area contributed by atoms with Gasteiger partial charge in [-0.05, 0) is 74.5 Å². The first-order chi connectivity index (χ1) is 16.2. The highest BCUT2D eigenvalue weighted by molar-refractivity contribution is 5.94. The third kappa shape index (κ3) is 5.17. The Morgan fingerprint density at radius 3 is 2.70 bits per heavy atom. The number of carbonyl (C=O) groups is 1. The highest BCUT2D eigenvalue weighted by Gasteiger charge is 2.23. The average molecular weight is 444 g/mol. The fraction of sp³-hybridized carbons (Fsp3) is 0.444. The summed E-state index contributed by atoms with van der Waals surface area (Å²) in [6.45, 7) is 5.63.